The van der Waals surface area contributed by atoms with Crippen molar-refractivity contribution in [3.63, 3.8) is 0 Å². The Morgan fingerprint density at radius 1 is 1.00 bits per heavy atom. The van der Waals surface area contributed by atoms with E-state index in [4.69, 9.17) is 4.98 Å². The van der Waals surface area contributed by atoms with Crippen molar-refractivity contribution in [2.45, 2.75) is 20.0 Å². The van der Waals surface area contributed by atoms with Crippen LogP contribution in [0.5, 0.6) is 0 Å². The maximum Gasteiger partial charge on any atom is 0.248 e. The monoisotopic (exact) mass is 528 g/mol. The second kappa shape index (κ2) is 13.4. The number of aryl methyl sites for hydroxylation is 1. The lowest BCUT2D eigenvalue weighted by Crippen LogP contribution is -2.15. The molecule has 0 radical (unpaired) electrons. The van der Waals surface area contributed by atoms with Crippen molar-refractivity contribution in [1.82, 2.24) is 24.6 Å². The number of hydrogen-bond donors (Lipinski definition) is 4. The molecule has 0 saturated carbocycles. The van der Waals surface area contributed by atoms with Gasteiger partial charge in [0.2, 0.25) is 11.9 Å². The summed E-state index contributed by atoms with van der Waals surface area (Å²) in [6.45, 7) is 3.94. The molecule has 4 rings (SSSR count). The minimum Gasteiger partial charge on any atom is -0.340 e. The van der Waals surface area contributed by atoms with Crippen LogP contribution in [0.3, 0.4) is 0 Å². The van der Waals surface area contributed by atoms with Gasteiger partial charge in [-0.15, -0.1) is 0 Å². The fourth-order valence-electron chi connectivity index (χ4n) is 3.54. The van der Waals surface area contributed by atoms with Crippen LogP contribution in [0.2, 0.25) is 0 Å². The SMILES string of the molecule is Cc1cc(Nc2ncc(CNCc3ccccc3)c(Nc3cccc(NC(=O)/C=C/CN(C)C)c3)n2)sn1. The summed E-state index contributed by atoms with van der Waals surface area (Å²) in [5.41, 5.74) is 4.53. The molecule has 38 heavy (non-hydrogen) atoms. The average Bonchev–Trinajstić information content (AvgIpc) is 3.30. The molecule has 10 heteroatoms. The van der Waals surface area contributed by atoms with Gasteiger partial charge < -0.3 is 26.2 Å². The number of nitrogens with zero attached hydrogens (tertiary/aromatic N) is 4. The normalized spacial score (nSPS) is 11.2. The maximum absolute atomic E-state index is 12.3. The van der Waals surface area contributed by atoms with Crippen molar-refractivity contribution >= 4 is 45.6 Å². The lowest BCUT2D eigenvalue weighted by atomic mass is 10.2. The van der Waals surface area contributed by atoms with E-state index in [0.29, 0.717) is 30.5 Å². The first kappa shape index (κ1) is 26.9. The summed E-state index contributed by atoms with van der Waals surface area (Å²) >= 11 is 1.36. The quantitative estimate of drug-likeness (QED) is 0.189. The van der Waals surface area contributed by atoms with E-state index in [9.17, 15) is 4.79 Å². The van der Waals surface area contributed by atoms with Crippen LogP contribution in [0.1, 0.15) is 16.8 Å². The molecule has 0 spiro atoms. The zero-order chi connectivity index (χ0) is 26.7. The molecule has 0 fully saturated rings. The molecule has 2 heterocycles. The molecule has 4 N–H and O–H groups in total. The summed E-state index contributed by atoms with van der Waals surface area (Å²) in [5, 5.41) is 13.9. The third-order valence-electron chi connectivity index (χ3n) is 5.35. The molecule has 0 aliphatic carbocycles. The molecule has 2 aromatic heterocycles. The number of nitrogens with one attached hydrogen (secondary N) is 4. The van der Waals surface area contributed by atoms with Gasteiger partial charge in [0.25, 0.3) is 0 Å². The third kappa shape index (κ3) is 8.48. The van der Waals surface area contributed by atoms with Crippen LogP contribution in [0.15, 0.2) is 79.0 Å². The highest BCUT2D eigenvalue weighted by Gasteiger charge is 2.10. The Kier molecular flexibility index (Phi) is 9.52. The first-order valence-electron chi connectivity index (χ1n) is 12.2. The summed E-state index contributed by atoms with van der Waals surface area (Å²) < 4.78 is 4.31. The van der Waals surface area contributed by atoms with Gasteiger partial charge in [-0.1, -0.05) is 42.5 Å². The summed E-state index contributed by atoms with van der Waals surface area (Å²) in [5.74, 6) is 0.959. The van der Waals surface area contributed by atoms with Gasteiger partial charge >= 0.3 is 0 Å². The summed E-state index contributed by atoms with van der Waals surface area (Å²) in [7, 11) is 3.91. The van der Waals surface area contributed by atoms with Gasteiger partial charge in [0.1, 0.15) is 10.8 Å². The molecule has 0 bridgehead atoms. The lowest BCUT2D eigenvalue weighted by Gasteiger charge is -2.14. The van der Waals surface area contributed by atoms with Crippen molar-refractivity contribution in [3.05, 3.63) is 95.8 Å². The minimum absolute atomic E-state index is 0.178. The molecule has 9 nitrogen and oxygen atoms in total. The minimum atomic E-state index is -0.178. The zero-order valence-corrected chi connectivity index (χ0v) is 22.5. The Labute approximate surface area is 227 Å². The predicted molar refractivity (Wildman–Crippen MR) is 155 cm³/mol. The molecular weight excluding hydrogens is 496 g/mol. The smallest absolute Gasteiger partial charge is 0.248 e. The Morgan fingerprint density at radius 3 is 2.58 bits per heavy atom. The molecule has 4 aromatic rings. The molecule has 0 aliphatic rings. The Hall–Kier alpha value is -4.12. The fraction of sp³-hybridized carbons (Fsp3) is 0.214. The maximum atomic E-state index is 12.3. The highest BCUT2D eigenvalue weighted by Crippen LogP contribution is 2.25. The molecule has 0 unspecified atom stereocenters. The number of benzene rings is 2. The summed E-state index contributed by atoms with van der Waals surface area (Å²) in [4.78, 5) is 23.5. The van der Waals surface area contributed by atoms with Crippen molar-refractivity contribution < 1.29 is 4.79 Å². The van der Waals surface area contributed by atoms with E-state index in [0.717, 1.165) is 28.5 Å². The first-order chi connectivity index (χ1) is 18.4. The molecular formula is C28H32N8OS. The van der Waals surface area contributed by atoms with Crippen molar-refractivity contribution in [3.8, 4) is 0 Å². The van der Waals surface area contributed by atoms with E-state index in [2.05, 4.69) is 42.8 Å². The number of aromatic nitrogens is 3. The van der Waals surface area contributed by atoms with Crippen LogP contribution in [0.25, 0.3) is 0 Å². The Bertz CT molecular complexity index is 1370. The van der Waals surface area contributed by atoms with Crippen LogP contribution < -0.4 is 21.3 Å². The van der Waals surface area contributed by atoms with Crippen LogP contribution in [-0.4, -0.2) is 45.8 Å². The van der Waals surface area contributed by atoms with Gasteiger partial charge in [-0.25, -0.2) is 4.98 Å². The topological polar surface area (TPSA) is 107 Å². The number of anilines is 5. The van der Waals surface area contributed by atoms with Crippen LogP contribution in [-0.2, 0) is 17.9 Å². The second-order valence-corrected chi connectivity index (χ2v) is 9.78. The van der Waals surface area contributed by atoms with E-state index in [1.165, 1.54) is 17.1 Å². The number of amides is 1. The van der Waals surface area contributed by atoms with Gasteiger partial charge in [-0.3, -0.25) is 4.79 Å². The number of hydrogen-bond acceptors (Lipinski definition) is 9. The number of rotatable bonds is 12. The van der Waals surface area contributed by atoms with Crippen LogP contribution in [0, 0.1) is 6.92 Å². The van der Waals surface area contributed by atoms with Crippen LogP contribution >= 0.6 is 11.5 Å². The fourth-order valence-corrected chi connectivity index (χ4v) is 4.20. The summed E-state index contributed by atoms with van der Waals surface area (Å²) in [6.07, 6.45) is 5.18. The summed E-state index contributed by atoms with van der Waals surface area (Å²) in [6, 6.07) is 19.7. The zero-order valence-electron chi connectivity index (χ0n) is 21.7. The van der Waals surface area contributed by atoms with E-state index >= 15 is 0 Å². The molecule has 0 aliphatic heterocycles. The van der Waals surface area contributed by atoms with E-state index in [1.54, 1.807) is 6.08 Å². The molecule has 196 valence electrons. The van der Waals surface area contributed by atoms with Crippen molar-refractivity contribution in [1.29, 1.82) is 0 Å². The van der Waals surface area contributed by atoms with Crippen molar-refractivity contribution in [2.75, 3.05) is 36.6 Å². The third-order valence-corrected chi connectivity index (χ3v) is 6.14. The van der Waals surface area contributed by atoms with Gasteiger partial charge in [-0.2, -0.15) is 9.36 Å². The highest BCUT2D eigenvalue weighted by molar-refractivity contribution is 7.10. The van der Waals surface area contributed by atoms with E-state index in [-0.39, 0.29) is 5.91 Å². The standard InChI is InChI=1S/C28H32N8OS/c1-20-15-26(38-35-20)33-28-30-19-22(18-29-17-21-9-5-4-6-10-21)27(34-28)32-24-12-7-11-23(16-24)31-25(37)13-8-14-36(2)3/h4-13,15-16,19,29H,14,17-18H2,1-3H3,(H,31,37)(H2,30,32,33,34)/b13-8+. The molecule has 0 saturated heterocycles. The van der Waals surface area contributed by atoms with Gasteiger partial charge in [0.05, 0.1) is 5.69 Å². The largest absolute Gasteiger partial charge is 0.340 e. The van der Waals surface area contributed by atoms with Gasteiger partial charge in [0, 0.05) is 48.8 Å². The van der Waals surface area contributed by atoms with Crippen LogP contribution in [0.4, 0.5) is 28.1 Å². The lowest BCUT2D eigenvalue weighted by molar-refractivity contribution is -0.111. The average molecular weight is 529 g/mol. The number of likely N-dealkylation sites (N-methyl/N-ethyl adjacent to an activating group) is 1. The number of carbonyl (C=O) groups excluding carboxylic acids is 1. The van der Waals surface area contributed by atoms with E-state index < -0.39 is 0 Å². The first-order valence-corrected chi connectivity index (χ1v) is 13.0. The molecule has 0 atom stereocenters. The number of carbonyl (C=O) groups is 1. The van der Waals surface area contributed by atoms with E-state index in [1.807, 2.05) is 86.7 Å². The molecule has 2 aromatic carbocycles. The van der Waals surface area contributed by atoms with Crippen molar-refractivity contribution in [2.24, 2.45) is 0 Å². The predicted octanol–water partition coefficient (Wildman–Crippen LogP) is 5.07. The highest BCUT2D eigenvalue weighted by atomic mass is 32.1. The molecule has 1 amide bonds. The Morgan fingerprint density at radius 2 is 1.82 bits per heavy atom. The Balaban J connectivity index is 1.49. The van der Waals surface area contributed by atoms with Gasteiger partial charge in [-0.05, 0) is 62.4 Å². The second-order valence-electron chi connectivity index (χ2n) is 8.97. The van der Waals surface area contributed by atoms with Gasteiger partial charge in [0.15, 0.2) is 0 Å².